The summed E-state index contributed by atoms with van der Waals surface area (Å²) in [7, 11) is 0. The highest BCUT2D eigenvalue weighted by molar-refractivity contribution is 6.01. The van der Waals surface area contributed by atoms with E-state index < -0.39 is 0 Å². The van der Waals surface area contributed by atoms with Gasteiger partial charge in [0.25, 0.3) is 0 Å². The maximum atomic E-state index is 11.3. The molecule has 0 radical (unpaired) electrons. The number of carbonyl (C=O) groups is 1. The molecule has 0 spiro atoms. The molecule has 0 N–H and O–H groups in total. The van der Waals surface area contributed by atoms with Gasteiger partial charge in [0.2, 0.25) is 0 Å². The third-order valence-corrected chi connectivity index (χ3v) is 1.78. The van der Waals surface area contributed by atoms with Crippen LogP contribution >= 0.6 is 0 Å². The normalized spacial score (nSPS) is 12.2. The maximum absolute atomic E-state index is 11.3. The monoisotopic (exact) mass is 183 g/mol. The van der Waals surface area contributed by atoms with Crippen molar-refractivity contribution < 1.29 is 4.79 Å². The molecule has 13 heavy (non-hydrogen) atoms. The SMILES string of the molecule is CCCC(=O)C/C(CC)=N/C(C)C. The molecule has 76 valence electrons. The molecule has 0 bridgehead atoms. The van der Waals surface area contributed by atoms with Crippen molar-refractivity contribution in [2.24, 2.45) is 4.99 Å². The minimum Gasteiger partial charge on any atom is -0.299 e. The predicted octanol–water partition coefficient (Wildman–Crippen LogP) is 3.01. The van der Waals surface area contributed by atoms with E-state index in [4.69, 9.17) is 0 Å². The Balaban J connectivity index is 4.05. The first kappa shape index (κ1) is 12.3. The Morgan fingerprint density at radius 3 is 2.31 bits per heavy atom. The van der Waals surface area contributed by atoms with E-state index in [1.807, 2.05) is 20.8 Å². The molecule has 2 heteroatoms. The fourth-order valence-electron chi connectivity index (χ4n) is 1.22. The topological polar surface area (TPSA) is 29.4 Å². The van der Waals surface area contributed by atoms with Crippen LogP contribution < -0.4 is 0 Å². The lowest BCUT2D eigenvalue weighted by molar-refractivity contribution is -0.117. The van der Waals surface area contributed by atoms with E-state index in [9.17, 15) is 4.79 Å². The second kappa shape index (κ2) is 6.81. The smallest absolute Gasteiger partial charge is 0.138 e. The zero-order chi connectivity index (χ0) is 10.3. The Bertz CT molecular complexity index is 183. The van der Waals surface area contributed by atoms with Crippen LogP contribution in [0.25, 0.3) is 0 Å². The second-order valence-electron chi connectivity index (χ2n) is 3.61. The largest absolute Gasteiger partial charge is 0.299 e. The molecule has 0 unspecified atom stereocenters. The molecule has 0 amide bonds. The molecule has 0 saturated heterocycles. The van der Waals surface area contributed by atoms with Gasteiger partial charge in [-0.05, 0) is 26.7 Å². The Morgan fingerprint density at radius 1 is 1.31 bits per heavy atom. The van der Waals surface area contributed by atoms with Crippen LogP contribution in [0.5, 0.6) is 0 Å². The van der Waals surface area contributed by atoms with Gasteiger partial charge >= 0.3 is 0 Å². The Labute approximate surface area is 81.4 Å². The van der Waals surface area contributed by atoms with Crippen LogP contribution in [0, 0.1) is 0 Å². The zero-order valence-corrected chi connectivity index (χ0v) is 9.26. The Kier molecular flexibility index (Phi) is 6.47. The van der Waals surface area contributed by atoms with Crippen molar-refractivity contribution in [1.29, 1.82) is 0 Å². The predicted molar refractivity (Wildman–Crippen MR) is 57.4 cm³/mol. The van der Waals surface area contributed by atoms with Crippen LogP contribution in [0.1, 0.15) is 53.4 Å². The van der Waals surface area contributed by atoms with E-state index in [2.05, 4.69) is 11.9 Å². The highest BCUT2D eigenvalue weighted by Crippen LogP contribution is 2.02. The van der Waals surface area contributed by atoms with E-state index in [-0.39, 0.29) is 0 Å². The summed E-state index contributed by atoms with van der Waals surface area (Å²) in [6.45, 7) is 8.17. The molecule has 0 aliphatic rings. The minimum atomic E-state index is 0.310. The highest BCUT2D eigenvalue weighted by atomic mass is 16.1. The summed E-state index contributed by atoms with van der Waals surface area (Å²) in [5.74, 6) is 0.323. The summed E-state index contributed by atoms with van der Waals surface area (Å²) in [4.78, 5) is 15.7. The molecule has 0 aliphatic heterocycles. The standard InChI is InChI=1S/C11H21NO/c1-5-7-11(13)8-10(6-2)12-9(3)4/h9H,5-8H2,1-4H3/b12-10+. The summed E-state index contributed by atoms with van der Waals surface area (Å²) in [5, 5.41) is 0. The number of rotatable bonds is 6. The lowest BCUT2D eigenvalue weighted by Gasteiger charge is -2.04. The van der Waals surface area contributed by atoms with Gasteiger partial charge in [0, 0.05) is 24.6 Å². The van der Waals surface area contributed by atoms with Crippen molar-refractivity contribution in [2.75, 3.05) is 0 Å². The van der Waals surface area contributed by atoms with Crippen LogP contribution in [-0.2, 0) is 4.79 Å². The summed E-state index contributed by atoms with van der Waals surface area (Å²) >= 11 is 0. The number of hydrogen-bond acceptors (Lipinski definition) is 2. The van der Waals surface area contributed by atoms with Gasteiger partial charge in [-0.1, -0.05) is 13.8 Å². The molecule has 0 rings (SSSR count). The molecule has 2 nitrogen and oxygen atoms in total. The summed E-state index contributed by atoms with van der Waals surface area (Å²) in [6.07, 6.45) is 3.09. The lowest BCUT2D eigenvalue weighted by Crippen LogP contribution is -2.09. The van der Waals surface area contributed by atoms with Crippen LogP contribution in [-0.4, -0.2) is 17.5 Å². The quantitative estimate of drug-likeness (QED) is 0.582. The fourth-order valence-corrected chi connectivity index (χ4v) is 1.22. The van der Waals surface area contributed by atoms with Gasteiger partial charge < -0.3 is 0 Å². The summed E-state index contributed by atoms with van der Waals surface area (Å²) in [6, 6.07) is 0.310. The average Bonchev–Trinajstić information content (AvgIpc) is 2.02. The molecule has 0 atom stereocenters. The van der Waals surface area contributed by atoms with Crippen LogP contribution in [0.4, 0.5) is 0 Å². The first-order valence-corrected chi connectivity index (χ1v) is 5.17. The first-order valence-electron chi connectivity index (χ1n) is 5.17. The third kappa shape index (κ3) is 6.50. The number of Topliss-reactive ketones (excluding diaryl/α,β-unsaturated/α-hetero) is 1. The molecule has 0 aromatic carbocycles. The third-order valence-electron chi connectivity index (χ3n) is 1.78. The molecule has 0 aromatic rings. The fraction of sp³-hybridized carbons (Fsp3) is 0.818. The van der Waals surface area contributed by atoms with Crippen LogP contribution in [0.2, 0.25) is 0 Å². The van der Waals surface area contributed by atoms with Gasteiger partial charge in [0.15, 0.2) is 0 Å². The van der Waals surface area contributed by atoms with Crippen molar-refractivity contribution >= 4 is 11.5 Å². The molecule has 0 heterocycles. The molecular weight excluding hydrogens is 162 g/mol. The number of hydrogen-bond donors (Lipinski definition) is 0. The van der Waals surface area contributed by atoms with Gasteiger partial charge in [-0.2, -0.15) is 0 Å². The summed E-state index contributed by atoms with van der Waals surface area (Å²) in [5.41, 5.74) is 1.05. The second-order valence-corrected chi connectivity index (χ2v) is 3.61. The van der Waals surface area contributed by atoms with Crippen molar-refractivity contribution in [3.8, 4) is 0 Å². The van der Waals surface area contributed by atoms with Crippen LogP contribution in [0.15, 0.2) is 4.99 Å². The van der Waals surface area contributed by atoms with E-state index >= 15 is 0 Å². The lowest BCUT2D eigenvalue weighted by atomic mass is 10.1. The Morgan fingerprint density at radius 2 is 1.92 bits per heavy atom. The summed E-state index contributed by atoms with van der Waals surface area (Å²) < 4.78 is 0. The number of aliphatic imine (C=N–C) groups is 1. The molecule has 0 aliphatic carbocycles. The van der Waals surface area contributed by atoms with Gasteiger partial charge in [0.05, 0.1) is 0 Å². The minimum absolute atomic E-state index is 0.310. The van der Waals surface area contributed by atoms with Crippen molar-refractivity contribution in [3.05, 3.63) is 0 Å². The average molecular weight is 183 g/mol. The highest BCUT2D eigenvalue weighted by Gasteiger charge is 2.05. The zero-order valence-electron chi connectivity index (χ0n) is 9.26. The van der Waals surface area contributed by atoms with Crippen molar-refractivity contribution in [2.45, 2.75) is 59.4 Å². The molecular formula is C11H21NO. The number of carbonyl (C=O) groups excluding carboxylic acids is 1. The molecule has 0 fully saturated rings. The Hall–Kier alpha value is -0.660. The van der Waals surface area contributed by atoms with Crippen molar-refractivity contribution in [1.82, 2.24) is 0 Å². The van der Waals surface area contributed by atoms with Gasteiger partial charge in [-0.25, -0.2) is 0 Å². The number of nitrogens with zero attached hydrogens (tertiary/aromatic N) is 1. The number of ketones is 1. The molecule has 0 aromatic heterocycles. The maximum Gasteiger partial charge on any atom is 0.138 e. The van der Waals surface area contributed by atoms with Gasteiger partial charge in [0.1, 0.15) is 5.78 Å². The van der Waals surface area contributed by atoms with Crippen molar-refractivity contribution in [3.63, 3.8) is 0 Å². The van der Waals surface area contributed by atoms with Gasteiger partial charge in [-0.3, -0.25) is 9.79 Å². The van der Waals surface area contributed by atoms with E-state index in [1.54, 1.807) is 0 Å². The van der Waals surface area contributed by atoms with E-state index in [1.165, 1.54) is 0 Å². The van der Waals surface area contributed by atoms with Crippen LogP contribution in [0.3, 0.4) is 0 Å². The molecule has 0 saturated carbocycles. The first-order chi connectivity index (χ1) is 6.10. The van der Waals surface area contributed by atoms with E-state index in [0.717, 1.165) is 18.6 Å². The van der Waals surface area contributed by atoms with Gasteiger partial charge in [-0.15, -0.1) is 0 Å². The van der Waals surface area contributed by atoms with E-state index in [0.29, 0.717) is 24.7 Å².